The van der Waals surface area contributed by atoms with E-state index in [0.29, 0.717) is 5.56 Å². The number of benzene rings is 1. The topological polar surface area (TPSA) is 29.5 Å². The summed E-state index contributed by atoms with van der Waals surface area (Å²) in [5.74, 6) is 0.0662. The van der Waals surface area contributed by atoms with Crippen LogP contribution in [0.25, 0.3) is 0 Å². The molecule has 7 heteroatoms. The lowest BCUT2D eigenvalue weighted by Crippen LogP contribution is -2.03. The summed E-state index contributed by atoms with van der Waals surface area (Å²) in [5.41, 5.74) is 1.33. The molecule has 102 valence electrons. The van der Waals surface area contributed by atoms with Crippen LogP contribution in [0.3, 0.4) is 0 Å². The number of halogens is 4. The van der Waals surface area contributed by atoms with Gasteiger partial charge in [0.1, 0.15) is 11.9 Å². The van der Waals surface area contributed by atoms with Crippen LogP contribution in [0, 0.1) is 0 Å². The maximum Gasteiger partial charge on any atom is 0.387 e. The van der Waals surface area contributed by atoms with E-state index in [9.17, 15) is 13.9 Å². The third-order valence-corrected chi connectivity index (χ3v) is 4.78. The van der Waals surface area contributed by atoms with Crippen molar-refractivity contribution in [3.05, 3.63) is 49.0 Å². The zero-order chi connectivity index (χ0) is 14.0. The van der Waals surface area contributed by atoms with Crippen molar-refractivity contribution in [2.45, 2.75) is 12.7 Å². The molecule has 1 aromatic carbocycles. The van der Waals surface area contributed by atoms with Crippen LogP contribution in [0.5, 0.6) is 5.75 Å². The number of thiophene rings is 1. The van der Waals surface area contributed by atoms with Crippen LogP contribution in [-0.2, 0) is 0 Å². The van der Waals surface area contributed by atoms with E-state index >= 15 is 0 Å². The van der Waals surface area contributed by atoms with Gasteiger partial charge in [-0.2, -0.15) is 8.78 Å². The standard InChI is InChI=1S/C12H8Br2F2O2S/c13-9-5-8(11(14)19-9)10(17)6-1-3-7(4-2-6)18-12(15)16/h1-5,10,12,17H. The molecule has 1 N–H and O–H groups in total. The largest absolute Gasteiger partial charge is 0.435 e. The van der Waals surface area contributed by atoms with Crippen LogP contribution in [0.4, 0.5) is 8.78 Å². The van der Waals surface area contributed by atoms with E-state index in [1.54, 1.807) is 12.1 Å². The van der Waals surface area contributed by atoms with Gasteiger partial charge in [0.2, 0.25) is 0 Å². The van der Waals surface area contributed by atoms with E-state index in [0.717, 1.165) is 13.1 Å². The number of aliphatic hydroxyl groups excluding tert-OH is 1. The minimum absolute atomic E-state index is 0.0662. The Morgan fingerprint density at radius 2 is 1.79 bits per heavy atom. The Hall–Kier alpha value is -0.500. The molecule has 0 spiro atoms. The minimum Gasteiger partial charge on any atom is -0.435 e. The fraction of sp³-hybridized carbons (Fsp3) is 0.167. The van der Waals surface area contributed by atoms with E-state index in [1.165, 1.54) is 23.5 Å². The van der Waals surface area contributed by atoms with Crippen LogP contribution < -0.4 is 4.74 Å². The van der Waals surface area contributed by atoms with Gasteiger partial charge in [0, 0.05) is 5.56 Å². The monoisotopic (exact) mass is 412 g/mol. The molecule has 0 amide bonds. The highest BCUT2D eigenvalue weighted by Gasteiger charge is 2.16. The fourth-order valence-corrected chi connectivity index (χ4v) is 4.43. The zero-order valence-corrected chi connectivity index (χ0v) is 13.3. The molecule has 0 fully saturated rings. The van der Waals surface area contributed by atoms with Gasteiger partial charge in [0.25, 0.3) is 0 Å². The normalized spacial score (nSPS) is 12.7. The zero-order valence-electron chi connectivity index (χ0n) is 9.32. The molecular formula is C12H8Br2F2O2S. The molecule has 0 bridgehead atoms. The van der Waals surface area contributed by atoms with Crippen LogP contribution in [-0.4, -0.2) is 11.7 Å². The van der Waals surface area contributed by atoms with Crippen LogP contribution in [0.1, 0.15) is 17.2 Å². The first-order chi connectivity index (χ1) is 8.97. The molecule has 1 heterocycles. The number of hydrogen-bond acceptors (Lipinski definition) is 3. The minimum atomic E-state index is -2.85. The summed E-state index contributed by atoms with van der Waals surface area (Å²) in [6, 6.07) is 7.73. The molecule has 0 aliphatic rings. The molecule has 1 aromatic heterocycles. The van der Waals surface area contributed by atoms with Crippen molar-refractivity contribution in [3.8, 4) is 5.75 Å². The molecule has 19 heavy (non-hydrogen) atoms. The second kappa shape index (κ2) is 6.30. The summed E-state index contributed by atoms with van der Waals surface area (Å²) in [6.45, 7) is -2.85. The van der Waals surface area contributed by atoms with Crippen LogP contribution in [0.2, 0.25) is 0 Å². The van der Waals surface area contributed by atoms with Crippen molar-refractivity contribution in [2.24, 2.45) is 0 Å². The van der Waals surface area contributed by atoms with Gasteiger partial charge in [-0.05, 0) is 55.6 Å². The van der Waals surface area contributed by atoms with Crippen molar-refractivity contribution < 1.29 is 18.6 Å². The van der Waals surface area contributed by atoms with Gasteiger partial charge < -0.3 is 9.84 Å². The molecule has 1 unspecified atom stereocenters. The van der Waals surface area contributed by atoms with E-state index in [1.807, 2.05) is 6.07 Å². The van der Waals surface area contributed by atoms with Gasteiger partial charge in [0.05, 0.1) is 7.57 Å². The summed E-state index contributed by atoms with van der Waals surface area (Å²) < 4.78 is 30.0. The molecule has 0 aliphatic heterocycles. The summed E-state index contributed by atoms with van der Waals surface area (Å²) in [4.78, 5) is 0. The first-order valence-corrected chi connectivity index (χ1v) is 7.55. The predicted molar refractivity (Wildman–Crippen MR) is 76.9 cm³/mol. The number of ether oxygens (including phenoxy) is 1. The van der Waals surface area contributed by atoms with Crippen LogP contribution >= 0.6 is 43.2 Å². The highest BCUT2D eigenvalue weighted by molar-refractivity contribution is 9.12. The van der Waals surface area contributed by atoms with Crippen molar-refractivity contribution in [2.75, 3.05) is 0 Å². The Labute approximate surface area is 129 Å². The Morgan fingerprint density at radius 1 is 1.16 bits per heavy atom. The second-order valence-corrected chi connectivity index (χ2v) is 7.38. The summed E-state index contributed by atoms with van der Waals surface area (Å²) in [7, 11) is 0. The lowest BCUT2D eigenvalue weighted by molar-refractivity contribution is -0.0498. The number of aliphatic hydroxyl groups is 1. The average Bonchev–Trinajstić information content (AvgIpc) is 2.68. The maximum absolute atomic E-state index is 12.0. The summed E-state index contributed by atoms with van der Waals surface area (Å²) in [6.07, 6.45) is -0.822. The van der Waals surface area contributed by atoms with E-state index < -0.39 is 12.7 Å². The first-order valence-electron chi connectivity index (χ1n) is 5.15. The molecule has 0 radical (unpaired) electrons. The van der Waals surface area contributed by atoms with Crippen molar-refractivity contribution in [3.63, 3.8) is 0 Å². The molecule has 2 aromatic rings. The van der Waals surface area contributed by atoms with Gasteiger partial charge in [-0.1, -0.05) is 12.1 Å². The van der Waals surface area contributed by atoms with Gasteiger partial charge in [0.15, 0.2) is 0 Å². The van der Waals surface area contributed by atoms with Crippen molar-refractivity contribution >= 4 is 43.2 Å². The number of rotatable bonds is 4. The molecule has 0 saturated carbocycles. The SMILES string of the molecule is OC(c1ccc(OC(F)F)cc1)c1cc(Br)sc1Br. The maximum atomic E-state index is 12.0. The van der Waals surface area contributed by atoms with Gasteiger partial charge in [-0.15, -0.1) is 11.3 Å². The molecule has 0 saturated heterocycles. The average molecular weight is 414 g/mol. The Bertz CT molecular complexity index is 557. The second-order valence-electron chi connectivity index (χ2n) is 3.63. The molecule has 2 rings (SSSR count). The molecular weight excluding hydrogens is 406 g/mol. The Kier molecular flexibility index (Phi) is 4.94. The fourth-order valence-electron chi connectivity index (χ4n) is 1.55. The number of alkyl halides is 2. The summed E-state index contributed by atoms with van der Waals surface area (Å²) >= 11 is 8.16. The highest BCUT2D eigenvalue weighted by atomic mass is 79.9. The third kappa shape index (κ3) is 3.75. The van der Waals surface area contributed by atoms with E-state index in [4.69, 9.17) is 0 Å². The van der Waals surface area contributed by atoms with Gasteiger partial charge >= 0.3 is 6.61 Å². The quantitative estimate of drug-likeness (QED) is 0.767. The van der Waals surface area contributed by atoms with Crippen molar-refractivity contribution in [1.82, 2.24) is 0 Å². The number of hydrogen-bond donors (Lipinski definition) is 1. The Balaban J connectivity index is 2.20. The first kappa shape index (κ1) is 14.9. The molecule has 2 nitrogen and oxygen atoms in total. The molecule has 1 atom stereocenters. The van der Waals surface area contributed by atoms with Gasteiger partial charge in [-0.25, -0.2) is 0 Å². The predicted octanol–water partition coefficient (Wildman–Crippen LogP) is 4.96. The summed E-state index contributed by atoms with van der Waals surface area (Å²) in [5, 5.41) is 10.2. The smallest absolute Gasteiger partial charge is 0.387 e. The lowest BCUT2D eigenvalue weighted by Gasteiger charge is -2.11. The van der Waals surface area contributed by atoms with Crippen LogP contribution in [0.15, 0.2) is 37.9 Å². The highest BCUT2D eigenvalue weighted by Crippen LogP contribution is 2.38. The van der Waals surface area contributed by atoms with Gasteiger partial charge in [-0.3, -0.25) is 0 Å². The molecule has 0 aliphatic carbocycles. The van der Waals surface area contributed by atoms with E-state index in [2.05, 4.69) is 36.6 Å². The van der Waals surface area contributed by atoms with Crippen molar-refractivity contribution in [1.29, 1.82) is 0 Å². The Morgan fingerprint density at radius 3 is 2.26 bits per heavy atom. The third-order valence-electron chi connectivity index (χ3n) is 2.40. The van der Waals surface area contributed by atoms with E-state index in [-0.39, 0.29) is 5.75 Å². The lowest BCUT2D eigenvalue weighted by atomic mass is 10.0.